The molecule has 6 heteroatoms. The van der Waals surface area contributed by atoms with Gasteiger partial charge in [-0.1, -0.05) is 18.5 Å². The third-order valence-electron chi connectivity index (χ3n) is 2.62. The summed E-state index contributed by atoms with van der Waals surface area (Å²) in [5, 5.41) is 19.6. The van der Waals surface area contributed by atoms with Gasteiger partial charge in [-0.25, -0.2) is 0 Å². The second-order valence-electron chi connectivity index (χ2n) is 4.36. The first-order chi connectivity index (χ1) is 9.47. The Balaban J connectivity index is 2.88. The summed E-state index contributed by atoms with van der Waals surface area (Å²) in [5.74, 6) is 0.000812. The fourth-order valence-corrected chi connectivity index (χ4v) is 1.93. The zero-order chi connectivity index (χ0) is 15.1. The summed E-state index contributed by atoms with van der Waals surface area (Å²) in [7, 11) is 0. The van der Waals surface area contributed by atoms with E-state index in [9.17, 15) is 4.79 Å². The summed E-state index contributed by atoms with van der Waals surface area (Å²) in [4.78, 5) is 12.0. The number of ether oxygens (including phenoxy) is 1. The van der Waals surface area contributed by atoms with Gasteiger partial charge in [0.1, 0.15) is 5.75 Å². The van der Waals surface area contributed by atoms with Crippen molar-refractivity contribution >= 4 is 23.2 Å². The largest absolute Gasteiger partial charge is 0.475 e. The van der Waals surface area contributed by atoms with E-state index in [1.807, 2.05) is 6.92 Å². The van der Waals surface area contributed by atoms with Crippen LogP contribution in [0.15, 0.2) is 18.2 Å². The first-order valence-corrected chi connectivity index (χ1v) is 6.75. The topological polar surface area (TPSA) is 82.4 Å². The number of aryl methyl sites for hydroxylation is 1. The number of halogens is 1. The van der Waals surface area contributed by atoms with Crippen molar-refractivity contribution in [3.8, 4) is 5.75 Å². The van der Waals surface area contributed by atoms with Crippen molar-refractivity contribution in [3.05, 3.63) is 28.8 Å². The van der Waals surface area contributed by atoms with Crippen LogP contribution in [0, 0.1) is 12.3 Å². The van der Waals surface area contributed by atoms with E-state index < -0.39 is 12.0 Å². The average Bonchev–Trinajstić information content (AvgIpc) is 2.40. The van der Waals surface area contributed by atoms with E-state index >= 15 is 0 Å². The van der Waals surface area contributed by atoms with Crippen LogP contribution in [-0.2, 0) is 4.79 Å². The Morgan fingerprint density at radius 2 is 2.20 bits per heavy atom. The summed E-state index contributed by atoms with van der Waals surface area (Å²) in [6.07, 6.45) is -0.610. The number of carbonyl (C=O) groups is 1. The van der Waals surface area contributed by atoms with Gasteiger partial charge in [-0.3, -0.25) is 4.79 Å². The fourth-order valence-electron chi connectivity index (χ4n) is 1.65. The molecule has 1 aromatic carbocycles. The van der Waals surface area contributed by atoms with Gasteiger partial charge >= 0.3 is 0 Å². The number of hydrogen-bond acceptors (Lipinski definition) is 4. The van der Waals surface area contributed by atoms with Gasteiger partial charge in [0.25, 0.3) is 5.91 Å². The highest BCUT2D eigenvalue weighted by atomic mass is 35.5. The van der Waals surface area contributed by atoms with E-state index in [0.29, 0.717) is 17.2 Å². The lowest BCUT2D eigenvalue weighted by atomic mass is 10.1. The van der Waals surface area contributed by atoms with E-state index in [1.165, 1.54) is 0 Å². The monoisotopic (exact) mass is 298 g/mol. The summed E-state index contributed by atoms with van der Waals surface area (Å²) in [6, 6.07) is 5.13. The van der Waals surface area contributed by atoms with E-state index in [4.69, 9.17) is 26.9 Å². The molecule has 0 aromatic heterocycles. The predicted octanol–water partition coefficient (Wildman–Crippen LogP) is 1.93. The second-order valence-corrected chi connectivity index (χ2v) is 4.79. The quantitative estimate of drug-likeness (QED) is 0.673. The molecular formula is C14H19ClN2O3. The van der Waals surface area contributed by atoms with Crippen molar-refractivity contribution in [2.75, 3.05) is 13.2 Å². The van der Waals surface area contributed by atoms with Crippen LogP contribution in [0.4, 0.5) is 0 Å². The highest BCUT2D eigenvalue weighted by Gasteiger charge is 2.24. The standard InChI is InChI=1S/C14H19ClN2O3/c1-3-12(16)13(14(19)17-4-5-18)20-11-7-9(2)6-10(15)8-11/h6-8,13,16,18H,3-5H2,1-2H3,(H,17,19). The summed E-state index contributed by atoms with van der Waals surface area (Å²) >= 11 is 5.94. The van der Waals surface area contributed by atoms with Crippen LogP contribution in [0.3, 0.4) is 0 Å². The Bertz CT molecular complexity index is 471. The van der Waals surface area contributed by atoms with Crippen LogP contribution < -0.4 is 10.1 Å². The number of aliphatic hydroxyl groups is 1. The minimum atomic E-state index is -1.01. The van der Waals surface area contributed by atoms with Gasteiger partial charge < -0.3 is 20.6 Å². The normalized spacial score (nSPS) is 11.8. The molecule has 20 heavy (non-hydrogen) atoms. The highest BCUT2D eigenvalue weighted by molar-refractivity contribution is 6.30. The lowest BCUT2D eigenvalue weighted by molar-refractivity contribution is -0.125. The molecule has 0 bridgehead atoms. The van der Waals surface area contributed by atoms with E-state index in [0.717, 1.165) is 5.56 Å². The Hall–Kier alpha value is -1.59. The lowest BCUT2D eigenvalue weighted by Crippen LogP contribution is -2.44. The van der Waals surface area contributed by atoms with Gasteiger partial charge in [0.2, 0.25) is 6.10 Å². The summed E-state index contributed by atoms with van der Waals surface area (Å²) < 4.78 is 5.58. The van der Waals surface area contributed by atoms with E-state index in [2.05, 4.69) is 5.32 Å². The van der Waals surface area contributed by atoms with Gasteiger partial charge in [0.05, 0.1) is 12.3 Å². The minimum absolute atomic E-state index is 0.129. The van der Waals surface area contributed by atoms with Crippen LogP contribution in [-0.4, -0.2) is 36.0 Å². The molecule has 0 spiro atoms. The first-order valence-electron chi connectivity index (χ1n) is 6.37. The number of hydrogen-bond donors (Lipinski definition) is 3. The highest BCUT2D eigenvalue weighted by Crippen LogP contribution is 2.22. The molecule has 5 nitrogen and oxygen atoms in total. The maximum absolute atomic E-state index is 12.0. The maximum Gasteiger partial charge on any atom is 0.267 e. The molecule has 1 atom stereocenters. The molecule has 3 N–H and O–H groups in total. The molecule has 1 amide bonds. The molecule has 1 rings (SSSR count). The molecule has 1 aromatic rings. The van der Waals surface area contributed by atoms with Crippen molar-refractivity contribution in [2.45, 2.75) is 26.4 Å². The summed E-state index contributed by atoms with van der Waals surface area (Å²) in [5.41, 5.74) is 1.07. The molecular weight excluding hydrogens is 280 g/mol. The molecule has 0 fully saturated rings. The van der Waals surface area contributed by atoms with Gasteiger partial charge in [-0.2, -0.15) is 0 Å². The number of benzene rings is 1. The third kappa shape index (κ3) is 4.83. The molecule has 0 saturated carbocycles. The van der Waals surface area contributed by atoms with Gasteiger partial charge in [-0.05, 0) is 37.1 Å². The zero-order valence-electron chi connectivity index (χ0n) is 11.6. The second kappa shape index (κ2) is 7.87. The van der Waals surface area contributed by atoms with Crippen molar-refractivity contribution in [1.82, 2.24) is 5.32 Å². The summed E-state index contributed by atoms with van der Waals surface area (Å²) in [6.45, 7) is 3.62. The average molecular weight is 299 g/mol. The van der Waals surface area contributed by atoms with E-state index in [1.54, 1.807) is 25.1 Å². The predicted molar refractivity (Wildman–Crippen MR) is 78.7 cm³/mol. The maximum atomic E-state index is 12.0. The lowest BCUT2D eigenvalue weighted by Gasteiger charge is -2.19. The SMILES string of the molecule is CCC(=N)C(Oc1cc(C)cc(Cl)c1)C(=O)NCCO. The van der Waals surface area contributed by atoms with Gasteiger partial charge in [0.15, 0.2) is 0 Å². The number of rotatable bonds is 7. The Morgan fingerprint density at radius 1 is 1.50 bits per heavy atom. The van der Waals surface area contributed by atoms with Gasteiger partial charge in [-0.15, -0.1) is 0 Å². The number of nitrogens with one attached hydrogen (secondary N) is 2. The van der Waals surface area contributed by atoms with Crippen LogP contribution >= 0.6 is 11.6 Å². The van der Waals surface area contributed by atoms with Crippen molar-refractivity contribution in [3.63, 3.8) is 0 Å². The molecule has 0 aliphatic heterocycles. The number of carbonyl (C=O) groups excluding carboxylic acids is 1. The Labute approximate surface area is 123 Å². The third-order valence-corrected chi connectivity index (χ3v) is 2.83. The molecule has 0 aliphatic rings. The number of amides is 1. The molecule has 0 aliphatic carbocycles. The number of aliphatic hydroxyl groups excluding tert-OH is 1. The Morgan fingerprint density at radius 3 is 2.75 bits per heavy atom. The van der Waals surface area contributed by atoms with Crippen LogP contribution in [0.2, 0.25) is 5.02 Å². The minimum Gasteiger partial charge on any atom is -0.475 e. The van der Waals surface area contributed by atoms with Gasteiger partial charge in [0, 0.05) is 11.6 Å². The van der Waals surface area contributed by atoms with Crippen LogP contribution in [0.25, 0.3) is 0 Å². The molecule has 0 saturated heterocycles. The smallest absolute Gasteiger partial charge is 0.267 e. The van der Waals surface area contributed by atoms with Crippen LogP contribution in [0.1, 0.15) is 18.9 Å². The fraction of sp³-hybridized carbons (Fsp3) is 0.429. The Kier molecular flexibility index (Phi) is 6.48. The molecule has 0 radical (unpaired) electrons. The molecule has 110 valence electrons. The first kappa shape index (κ1) is 16.5. The van der Waals surface area contributed by atoms with Crippen molar-refractivity contribution in [2.24, 2.45) is 0 Å². The molecule has 1 unspecified atom stereocenters. The zero-order valence-corrected chi connectivity index (χ0v) is 12.3. The molecule has 0 heterocycles. The van der Waals surface area contributed by atoms with Crippen molar-refractivity contribution < 1.29 is 14.6 Å². The van der Waals surface area contributed by atoms with E-state index in [-0.39, 0.29) is 18.9 Å². The van der Waals surface area contributed by atoms with Crippen molar-refractivity contribution in [1.29, 1.82) is 5.41 Å². The van der Waals surface area contributed by atoms with Crippen LogP contribution in [0.5, 0.6) is 5.75 Å².